The van der Waals surface area contributed by atoms with E-state index in [2.05, 4.69) is 0 Å². The van der Waals surface area contributed by atoms with E-state index < -0.39 is 11.6 Å². The number of aromatic carboxylic acids is 1. The fourth-order valence-electron chi connectivity index (χ4n) is 2.87. The number of carbonyl (C=O) groups is 1. The number of hydrogen-bond acceptors (Lipinski definition) is 4. The molecule has 1 saturated carbocycles. The van der Waals surface area contributed by atoms with Crippen molar-refractivity contribution in [1.29, 1.82) is 0 Å². The molecule has 0 amide bonds. The van der Waals surface area contributed by atoms with Crippen LogP contribution in [0.2, 0.25) is 0 Å². The van der Waals surface area contributed by atoms with E-state index in [0.717, 1.165) is 25.7 Å². The minimum Gasteiger partial charge on any atom is -0.478 e. The first-order valence-corrected chi connectivity index (χ1v) is 6.48. The molecule has 19 heavy (non-hydrogen) atoms. The van der Waals surface area contributed by atoms with Gasteiger partial charge < -0.3 is 20.8 Å². The van der Waals surface area contributed by atoms with Crippen molar-refractivity contribution in [2.75, 3.05) is 24.2 Å². The van der Waals surface area contributed by atoms with E-state index in [1.807, 2.05) is 0 Å². The number of carboxylic acids is 1. The number of likely N-dealkylation sites (N-methyl/N-ethyl adjacent to an activating group) is 1. The largest absolute Gasteiger partial charge is 0.478 e. The van der Waals surface area contributed by atoms with Gasteiger partial charge in [0.1, 0.15) is 0 Å². The number of carboxylic acid groups (broad SMARTS) is 1. The Morgan fingerprint density at radius 2 is 2.05 bits per heavy atom. The third-order valence-electron chi connectivity index (χ3n) is 3.75. The van der Waals surface area contributed by atoms with Gasteiger partial charge in [-0.3, -0.25) is 0 Å². The van der Waals surface area contributed by atoms with Gasteiger partial charge in [0.15, 0.2) is 0 Å². The Morgan fingerprint density at radius 3 is 2.63 bits per heavy atom. The number of nitrogens with two attached hydrogens (primary N) is 1. The number of anilines is 2. The maximum absolute atomic E-state index is 11.3. The molecule has 0 aromatic heterocycles. The van der Waals surface area contributed by atoms with Crippen molar-refractivity contribution in [1.82, 2.24) is 0 Å². The lowest BCUT2D eigenvalue weighted by atomic mass is 10.0. The van der Waals surface area contributed by atoms with Crippen LogP contribution in [0.3, 0.4) is 0 Å². The van der Waals surface area contributed by atoms with E-state index >= 15 is 0 Å². The summed E-state index contributed by atoms with van der Waals surface area (Å²) in [5.74, 6) is -1.01. The Balaban J connectivity index is 2.28. The lowest BCUT2D eigenvalue weighted by Crippen LogP contribution is -2.40. The van der Waals surface area contributed by atoms with Crippen molar-refractivity contribution in [2.45, 2.75) is 31.3 Å². The second-order valence-electron chi connectivity index (χ2n) is 5.34. The maximum Gasteiger partial charge on any atom is 0.337 e. The summed E-state index contributed by atoms with van der Waals surface area (Å²) >= 11 is 0. The summed E-state index contributed by atoms with van der Waals surface area (Å²) in [6.07, 6.45) is 3.54. The van der Waals surface area contributed by atoms with Gasteiger partial charge in [0.2, 0.25) is 0 Å². The number of benzene rings is 1. The molecule has 0 bridgehead atoms. The van der Waals surface area contributed by atoms with Crippen molar-refractivity contribution in [3.8, 4) is 0 Å². The fraction of sp³-hybridized carbons (Fsp3) is 0.500. The molecule has 2 rings (SSSR count). The van der Waals surface area contributed by atoms with E-state index in [4.69, 9.17) is 5.73 Å². The molecule has 1 aromatic rings. The molecule has 1 fully saturated rings. The standard InChI is InChI=1S/C14H20N2O3/c1-16(9-14(19)7-2-3-8-14)12-10(13(17)18)5-4-6-11(12)15/h4-6,19H,2-3,7-9,15H2,1H3,(H,17,18). The van der Waals surface area contributed by atoms with Crippen molar-refractivity contribution < 1.29 is 15.0 Å². The first-order chi connectivity index (χ1) is 8.93. The third kappa shape index (κ3) is 2.81. The van der Waals surface area contributed by atoms with Gasteiger partial charge >= 0.3 is 5.97 Å². The van der Waals surface area contributed by atoms with Crippen LogP contribution >= 0.6 is 0 Å². The summed E-state index contributed by atoms with van der Waals surface area (Å²) in [7, 11) is 1.77. The van der Waals surface area contributed by atoms with E-state index in [1.165, 1.54) is 6.07 Å². The number of hydrogen-bond donors (Lipinski definition) is 3. The molecule has 5 nitrogen and oxygen atoms in total. The Bertz CT molecular complexity index is 482. The zero-order valence-corrected chi connectivity index (χ0v) is 11.1. The molecule has 4 N–H and O–H groups in total. The summed E-state index contributed by atoms with van der Waals surface area (Å²) in [5.41, 5.74) is 6.23. The van der Waals surface area contributed by atoms with Gasteiger partial charge in [0.25, 0.3) is 0 Å². The summed E-state index contributed by atoms with van der Waals surface area (Å²) in [5, 5.41) is 19.6. The van der Waals surface area contributed by atoms with Gasteiger partial charge in [-0.15, -0.1) is 0 Å². The monoisotopic (exact) mass is 264 g/mol. The third-order valence-corrected chi connectivity index (χ3v) is 3.75. The second kappa shape index (κ2) is 5.09. The SMILES string of the molecule is CN(CC1(O)CCCC1)c1c(N)cccc1C(=O)O. The van der Waals surface area contributed by atoms with E-state index in [0.29, 0.717) is 17.9 Å². The van der Waals surface area contributed by atoms with Crippen LogP contribution in [0.4, 0.5) is 11.4 Å². The first kappa shape index (κ1) is 13.7. The molecule has 0 saturated heterocycles. The number of rotatable bonds is 4. The number of nitrogen functional groups attached to an aromatic ring is 1. The Labute approximate surface area is 112 Å². The highest BCUT2D eigenvalue weighted by Gasteiger charge is 2.33. The molecule has 0 radical (unpaired) electrons. The quantitative estimate of drug-likeness (QED) is 0.721. The number of aliphatic hydroxyl groups is 1. The molecular weight excluding hydrogens is 244 g/mol. The topological polar surface area (TPSA) is 86.8 Å². The van der Waals surface area contributed by atoms with Crippen LogP contribution in [-0.2, 0) is 0 Å². The minimum absolute atomic E-state index is 0.170. The van der Waals surface area contributed by atoms with E-state index in [1.54, 1.807) is 24.1 Å². The van der Waals surface area contributed by atoms with Crippen molar-refractivity contribution in [3.63, 3.8) is 0 Å². The van der Waals surface area contributed by atoms with Crippen LogP contribution in [0.15, 0.2) is 18.2 Å². The molecule has 0 unspecified atom stereocenters. The summed E-state index contributed by atoms with van der Waals surface area (Å²) in [4.78, 5) is 13.0. The molecule has 1 aliphatic rings. The van der Waals surface area contributed by atoms with Crippen LogP contribution in [0.25, 0.3) is 0 Å². The fourth-order valence-corrected chi connectivity index (χ4v) is 2.87. The zero-order valence-electron chi connectivity index (χ0n) is 11.1. The van der Waals surface area contributed by atoms with Crippen LogP contribution in [0.5, 0.6) is 0 Å². The molecular formula is C14H20N2O3. The van der Waals surface area contributed by atoms with Gasteiger partial charge in [-0.2, -0.15) is 0 Å². The summed E-state index contributed by atoms with van der Waals surface area (Å²) < 4.78 is 0. The average molecular weight is 264 g/mol. The van der Waals surface area contributed by atoms with Gasteiger partial charge in [-0.1, -0.05) is 18.9 Å². The predicted molar refractivity (Wildman–Crippen MR) is 74.5 cm³/mol. The van der Waals surface area contributed by atoms with Crippen LogP contribution in [-0.4, -0.2) is 35.4 Å². The maximum atomic E-state index is 11.3. The normalized spacial score (nSPS) is 17.4. The van der Waals surface area contributed by atoms with Crippen LogP contribution < -0.4 is 10.6 Å². The summed E-state index contributed by atoms with van der Waals surface area (Å²) in [6, 6.07) is 4.83. The highest BCUT2D eigenvalue weighted by molar-refractivity contribution is 5.97. The van der Waals surface area contributed by atoms with E-state index in [9.17, 15) is 15.0 Å². The summed E-state index contributed by atoms with van der Waals surface area (Å²) in [6.45, 7) is 0.404. The van der Waals surface area contributed by atoms with Gasteiger partial charge in [-0.05, 0) is 25.0 Å². The molecule has 0 atom stereocenters. The molecule has 104 valence electrons. The smallest absolute Gasteiger partial charge is 0.337 e. The minimum atomic E-state index is -1.01. The molecule has 0 aliphatic heterocycles. The van der Waals surface area contributed by atoms with Crippen molar-refractivity contribution >= 4 is 17.3 Å². The zero-order chi connectivity index (χ0) is 14.0. The van der Waals surface area contributed by atoms with Crippen molar-refractivity contribution in [3.05, 3.63) is 23.8 Å². The van der Waals surface area contributed by atoms with Gasteiger partial charge in [0.05, 0.1) is 22.5 Å². The lowest BCUT2D eigenvalue weighted by molar-refractivity contribution is 0.0555. The number of para-hydroxylation sites is 1. The average Bonchev–Trinajstić information content (AvgIpc) is 2.74. The highest BCUT2D eigenvalue weighted by atomic mass is 16.4. The second-order valence-corrected chi connectivity index (χ2v) is 5.34. The number of nitrogens with zero attached hydrogens (tertiary/aromatic N) is 1. The highest BCUT2D eigenvalue weighted by Crippen LogP contribution is 2.33. The van der Waals surface area contributed by atoms with Gasteiger partial charge in [-0.25, -0.2) is 4.79 Å². The molecule has 5 heteroatoms. The first-order valence-electron chi connectivity index (χ1n) is 6.48. The van der Waals surface area contributed by atoms with Crippen LogP contribution in [0.1, 0.15) is 36.0 Å². The molecule has 0 spiro atoms. The van der Waals surface area contributed by atoms with Crippen LogP contribution in [0, 0.1) is 0 Å². The van der Waals surface area contributed by atoms with E-state index in [-0.39, 0.29) is 5.56 Å². The Hall–Kier alpha value is -1.75. The Morgan fingerprint density at radius 1 is 1.42 bits per heavy atom. The van der Waals surface area contributed by atoms with Crippen molar-refractivity contribution in [2.24, 2.45) is 0 Å². The van der Waals surface area contributed by atoms with Gasteiger partial charge in [0, 0.05) is 13.6 Å². The molecule has 0 heterocycles. The lowest BCUT2D eigenvalue weighted by Gasteiger charge is -2.31. The molecule has 1 aliphatic carbocycles. The Kier molecular flexibility index (Phi) is 3.66. The predicted octanol–water partition coefficient (Wildman–Crippen LogP) is 1.71. The molecule has 1 aromatic carbocycles.